The van der Waals surface area contributed by atoms with Gasteiger partial charge < -0.3 is 20.4 Å². The van der Waals surface area contributed by atoms with Crippen molar-refractivity contribution in [2.75, 3.05) is 31.6 Å². The third-order valence-electron chi connectivity index (χ3n) is 2.26. The number of nitrogens with zero attached hydrogens (tertiary/aromatic N) is 1. The second-order valence-corrected chi connectivity index (χ2v) is 3.62. The second-order valence-electron chi connectivity index (χ2n) is 3.62. The van der Waals surface area contributed by atoms with Crippen LogP contribution in [0.5, 0.6) is 0 Å². The molecule has 0 unspecified atom stereocenters. The van der Waals surface area contributed by atoms with Crippen molar-refractivity contribution in [1.29, 1.82) is 0 Å². The summed E-state index contributed by atoms with van der Waals surface area (Å²) in [5.41, 5.74) is -0.262. The zero-order valence-corrected chi connectivity index (χ0v) is 9.87. The van der Waals surface area contributed by atoms with Crippen LogP contribution in [-0.4, -0.2) is 47.4 Å². The quantitative estimate of drug-likeness (QED) is 0.701. The molecule has 0 saturated heterocycles. The predicted octanol–water partition coefficient (Wildman–Crippen LogP) is 0.922. The lowest BCUT2D eigenvalue weighted by Crippen LogP contribution is -2.39. The van der Waals surface area contributed by atoms with E-state index in [1.54, 1.807) is 0 Å². The van der Waals surface area contributed by atoms with Gasteiger partial charge in [0.2, 0.25) is 0 Å². The smallest absolute Gasteiger partial charge is 0.322 e. The molecule has 0 aliphatic carbocycles. The minimum atomic E-state index is -1.62. The van der Waals surface area contributed by atoms with Crippen molar-refractivity contribution >= 4 is 11.7 Å². The van der Waals surface area contributed by atoms with E-state index >= 15 is 0 Å². The second kappa shape index (κ2) is 6.95. The number of amides is 2. The molecule has 3 N–H and O–H groups in total. The minimum Gasteiger partial charge on any atom is -0.395 e. The number of aliphatic hydroxyl groups is 2. The standard InChI is InChI=1S/C11H13F3N2O3/c12-8-5-7(6-9(13)10(8)14)15-11(19)16(1-3-17)2-4-18/h5-6,17-18H,1-4H2,(H,15,19). The number of rotatable bonds is 5. The predicted molar refractivity (Wildman–Crippen MR) is 61.1 cm³/mol. The zero-order chi connectivity index (χ0) is 14.4. The number of hydrogen-bond donors (Lipinski definition) is 3. The van der Waals surface area contributed by atoms with Crippen molar-refractivity contribution in [2.45, 2.75) is 0 Å². The molecule has 0 aromatic heterocycles. The lowest BCUT2D eigenvalue weighted by molar-refractivity contribution is 0.167. The average Bonchev–Trinajstić information content (AvgIpc) is 2.35. The fourth-order valence-corrected chi connectivity index (χ4v) is 1.39. The molecule has 0 heterocycles. The molecular formula is C11H13F3N2O3. The van der Waals surface area contributed by atoms with Crippen LogP contribution >= 0.6 is 0 Å². The van der Waals surface area contributed by atoms with Crippen LogP contribution in [0.3, 0.4) is 0 Å². The van der Waals surface area contributed by atoms with Crippen LogP contribution < -0.4 is 5.32 Å². The van der Waals surface area contributed by atoms with Crippen LogP contribution in [0.25, 0.3) is 0 Å². The number of anilines is 1. The van der Waals surface area contributed by atoms with Crippen molar-refractivity contribution in [3.8, 4) is 0 Å². The first-order valence-corrected chi connectivity index (χ1v) is 5.41. The lowest BCUT2D eigenvalue weighted by atomic mass is 10.3. The van der Waals surface area contributed by atoms with E-state index in [1.807, 2.05) is 0 Å². The van der Waals surface area contributed by atoms with Gasteiger partial charge in [-0.15, -0.1) is 0 Å². The lowest BCUT2D eigenvalue weighted by Gasteiger charge is -2.21. The highest BCUT2D eigenvalue weighted by atomic mass is 19.2. The summed E-state index contributed by atoms with van der Waals surface area (Å²) < 4.78 is 38.6. The molecule has 5 nitrogen and oxygen atoms in total. The molecule has 1 rings (SSSR count). The maximum absolute atomic E-state index is 12.9. The number of halogens is 3. The SMILES string of the molecule is O=C(Nc1cc(F)c(F)c(F)c1)N(CCO)CCO. The maximum atomic E-state index is 12.9. The Balaban J connectivity index is 2.80. The van der Waals surface area contributed by atoms with Crippen molar-refractivity contribution in [2.24, 2.45) is 0 Å². The molecule has 0 radical (unpaired) electrons. The Morgan fingerprint density at radius 3 is 2.00 bits per heavy atom. The molecule has 2 amide bonds. The molecule has 0 aliphatic heterocycles. The first kappa shape index (κ1) is 15.3. The highest BCUT2D eigenvalue weighted by Gasteiger charge is 2.15. The van der Waals surface area contributed by atoms with Crippen LogP contribution in [0.2, 0.25) is 0 Å². The van der Waals surface area contributed by atoms with Crippen molar-refractivity contribution in [3.05, 3.63) is 29.6 Å². The van der Waals surface area contributed by atoms with Gasteiger partial charge in [-0.05, 0) is 0 Å². The molecule has 19 heavy (non-hydrogen) atoms. The van der Waals surface area contributed by atoms with Gasteiger partial charge in [0.05, 0.1) is 13.2 Å². The van der Waals surface area contributed by atoms with Gasteiger partial charge >= 0.3 is 6.03 Å². The average molecular weight is 278 g/mol. The van der Waals surface area contributed by atoms with E-state index in [9.17, 15) is 18.0 Å². The highest BCUT2D eigenvalue weighted by Crippen LogP contribution is 2.17. The van der Waals surface area contributed by atoms with Crippen LogP contribution in [0.15, 0.2) is 12.1 Å². The summed E-state index contributed by atoms with van der Waals surface area (Å²) in [7, 11) is 0. The van der Waals surface area contributed by atoms with E-state index < -0.39 is 23.5 Å². The number of hydrogen-bond acceptors (Lipinski definition) is 3. The molecule has 1 aromatic carbocycles. The third kappa shape index (κ3) is 4.11. The summed E-state index contributed by atoms with van der Waals surface area (Å²) in [6.45, 7) is -0.782. The number of aliphatic hydroxyl groups excluding tert-OH is 2. The molecular weight excluding hydrogens is 265 g/mol. The van der Waals surface area contributed by atoms with Gasteiger partial charge in [-0.3, -0.25) is 0 Å². The summed E-state index contributed by atoms with van der Waals surface area (Å²) in [5, 5.41) is 19.6. The van der Waals surface area contributed by atoms with Crippen LogP contribution in [-0.2, 0) is 0 Å². The van der Waals surface area contributed by atoms with E-state index in [0.717, 1.165) is 4.90 Å². The monoisotopic (exact) mass is 278 g/mol. The summed E-state index contributed by atoms with van der Waals surface area (Å²) >= 11 is 0. The van der Waals surface area contributed by atoms with Crippen LogP contribution in [0, 0.1) is 17.5 Å². The molecule has 0 atom stereocenters. The largest absolute Gasteiger partial charge is 0.395 e. The number of urea groups is 1. The minimum absolute atomic E-state index is 0.0570. The third-order valence-corrected chi connectivity index (χ3v) is 2.26. The number of carbonyl (C=O) groups is 1. The first-order chi connectivity index (χ1) is 8.99. The van der Waals surface area contributed by atoms with Gasteiger partial charge in [-0.1, -0.05) is 0 Å². The Morgan fingerprint density at radius 2 is 1.58 bits per heavy atom. The van der Waals surface area contributed by atoms with Gasteiger partial charge in [-0.2, -0.15) is 0 Å². The molecule has 0 aliphatic rings. The Kier molecular flexibility index (Phi) is 5.58. The van der Waals surface area contributed by atoms with Gasteiger partial charge in [0.25, 0.3) is 0 Å². The maximum Gasteiger partial charge on any atom is 0.322 e. The molecule has 0 bridgehead atoms. The van der Waals surface area contributed by atoms with E-state index in [-0.39, 0.29) is 32.0 Å². The van der Waals surface area contributed by atoms with E-state index in [1.165, 1.54) is 0 Å². The summed E-state index contributed by atoms with van der Waals surface area (Å²) in [5.74, 6) is -4.47. The van der Waals surface area contributed by atoms with Crippen LogP contribution in [0.1, 0.15) is 0 Å². The summed E-state index contributed by atoms with van der Waals surface area (Å²) in [6, 6.07) is 0.493. The molecule has 0 fully saturated rings. The summed E-state index contributed by atoms with van der Waals surface area (Å²) in [4.78, 5) is 12.7. The Morgan fingerprint density at radius 1 is 1.11 bits per heavy atom. The van der Waals surface area contributed by atoms with E-state index in [2.05, 4.69) is 5.32 Å². The van der Waals surface area contributed by atoms with Crippen molar-refractivity contribution < 1.29 is 28.2 Å². The Bertz CT molecular complexity index is 428. The van der Waals surface area contributed by atoms with Gasteiger partial charge in [0, 0.05) is 30.9 Å². The zero-order valence-electron chi connectivity index (χ0n) is 9.87. The van der Waals surface area contributed by atoms with Crippen molar-refractivity contribution in [1.82, 2.24) is 4.90 Å². The molecule has 8 heteroatoms. The van der Waals surface area contributed by atoms with E-state index in [4.69, 9.17) is 10.2 Å². The van der Waals surface area contributed by atoms with Crippen LogP contribution in [0.4, 0.5) is 23.7 Å². The van der Waals surface area contributed by atoms with E-state index in [0.29, 0.717) is 12.1 Å². The molecule has 0 saturated carbocycles. The molecule has 1 aromatic rings. The Hall–Kier alpha value is -1.80. The number of carbonyl (C=O) groups excluding carboxylic acids is 1. The highest BCUT2D eigenvalue weighted by molar-refractivity contribution is 5.89. The first-order valence-electron chi connectivity index (χ1n) is 5.41. The van der Waals surface area contributed by atoms with Gasteiger partial charge in [0.1, 0.15) is 0 Å². The van der Waals surface area contributed by atoms with Gasteiger partial charge in [-0.25, -0.2) is 18.0 Å². The van der Waals surface area contributed by atoms with Crippen molar-refractivity contribution in [3.63, 3.8) is 0 Å². The Labute approximate surface area is 107 Å². The number of benzene rings is 1. The fraction of sp³-hybridized carbons (Fsp3) is 0.364. The molecule has 0 spiro atoms. The van der Waals surface area contributed by atoms with Gasteiger partial charge in [0.15, 0.2) is 17.5 Å². The topological polar surface area (TPSA) is 72.8 Å². The number of nitrogens with one attached hydrogen (secondary N) is 1. The fourth-order valence-electron chi connectivity index (χ4n) is 1.39. The normalized spacial score (nSPS) is 10.4. The summed E-state index contributed by atoms with van der Waals surface area (Å²) in [6.07, 6.45) is 0. The molecule has 106 valence electrons.